The first-order valence-electron chi connectivity index (χ1n) is 5.46. The SMILES string of the molecule is CCc1n[nH]c(=S)n1C1CCCC1SC. The molecule has 0 amide bonds. The molecule has 0 radical (unpaired) electrons. The Morgan fingerprint density at radius 1 is 1.60 bits per heavy atom. The zero-order valence-electron chi connectivity index (χ0n) is 9.19. The molecule has 5 heteroatoms. The number of thioether (sulfide) groups is 1. The van der Waals surface area contributed by atoms with E-state index in [4.69, 9.17) is 12.2 Å². The number of hydrogen-bond acceptors (Lipinski definition) is 3. The molecule has 1 aromatic rings. The Morgan fingerprint density at radius 2 is 2.40 bits per heavy atom. The average molecular weight is 243 g/mol. The summed E-state index contributed by atoms with van der Waals surface area (Å²) >= 11 is 7.27. The molecule has 0 aliphatic heterocycles. The second-order valence-corrected chi connectivity index (χ2v) is 5.40. The molecule has 0 spiro atoms. The van der Waals surface area contributed by atoms with Crippen LogP contribution in [0.2, 0.25) is 0 Å². The van der Waals surface area contributed by atoms with Crippen LogP contribution in [0.15, 0.2) is 0 Å². The summed E-state index contributed by atoms with van der Waals surface area (Å²) in [5, 5.41) is 7.91. The highest BCUT2D eigenvalue weighted by Gasteiger charge is 2.29. The van der Waals surface area contributed by atoms with E-state index in [0.29, 0.717) is 11.3 Å². The Morgan fingerprint density at radius 3 is 3.07 bits per heavy atom. The third-order valence-electron chi connectivity index (χ3n) is 3.15. The Labute approximate surface area is 99.7 Å². The highest BCUT2D eigenvalue weighted by atomic mass is 32.2. The number of rotatable bonds is 3. The highest BCUT2D eigenvalue weighted by molar-refractivity contribution is 7.99. The summed E-state index contributed by atoms with van der Waals surface area (Å²) in [7, 11) is 0. The number of aryl methyl sites for hydroxylation is 1. The number of aromatic amines is 1. The van der Waals surface area contributed by atoms with Gasteiger partial charge in [-0.05, 0) is 31.3 Å². The molecule has 0 aromatic carbocycles. The van der Waals surface area contributed by atoms with E-state index in [2.05, 4.69) is 27.9 Å². The van der Waals surface area contributed by atoms with Crippen LogP contribution >= 0.6 is 24.0 Å². The molecule has 3 nitrogen and oxygen atoms in total. The molecule has 2 atom stereocenters. The molecular formula is C10H17N3S2. The van der Waals surface area contributed by atoms with Crippen LogP contribution in [0, 0.1) is 4.77 Å². The largest absolute Gasteiger partial charge is 0.300 e. The van der Waals surface area contributed by atoms with Gasteiger partial charge in [0.2, 0.25) is 0 Å². The van der Waals surface area contributed by atoms with Gasteiger partial charge in [-0.25, -0.2) is 0 Å². The zero-order valence-corrected chi connectivity index (χ0v) is 10.8. The van der Waals surface area contributed by atoms with Gasteiger partial charge in [0.05, 0.1) is 0 Å². The van der Waals surface area contributed by atoms with Gasteiger partial charge in [-0.15, -0.1) is 0 Å². The quantitative estimate of drug-likeness (QED) is 0.829. The van der Waals surface area contributed by atoms with Gasteiger partial charge in [0.15, 0.2) is 4.77 Å². The molecule has 1 N–H and O–H groups in total. The van der Waals surface area contributed by atoms with E-state index in [-0.39, 0.29) is 0 Å². The monoisotopic (exact) mass is 243 g/mol. The minimum Gasteiger partial charge on any atom is -0.300 e. The van der Waals surface area contributed by atoms with Crippen LogP contribution in [-0.2, 0) is 6.42 Å². The van der Waals surface area contributed by atoms with Crippen molar-refractivity contribution in [1.29, 1.82) is 0 Å². The van der Waals surface area contributed by atoms with Crippen molar-refractivity contribution in [2.75, 3.05) is 6.26 Å². The van der Waals surface area contributed by atoms with Crippen LogP contribution in [0.1, 0.15) is 38.1 Å². The number of H-pyrrole nitrogens is 1. The number of nitrogens with zero attached hydrogens (tertiary/aromatic N) is 2. The van der Waals surface area contributed by atoms with Crippen LogP contribution in [-0.4, -0.2) is 26.3 Å². The molecule has 1 heterocycles. The minimum atomic E-state index is 0.557. The first-order chi connectivity index (χ1) is 7.27. The summed E-state index contributed by atoms with van der Waals surface area (Å²) in [4.78, 5) is 0. The second-order valence-electron chi connectivity index (χ2n) is 3.94. The molecule has 84 valence electrons. The number of aromatic nitrogens is 3. The van der Waals surface area contributed by atoms with Crippen LogP contribution in [0.25, 0.3) is 0 Å². The van der Waals surface area contributed by atoms with Gasteiger partial charge in [-0.2, -0.15) is 16.9 Å². The van der Waals surface area contributed by atoms with Crippen molar-refractivity contribution in [2.24, 2.45) is 0 Å². The lowest BCUT2D eigenvalue weighted by Crippen LogP contribution is -2.18. The normalized spacial score (nSPS) is 26.0. The lowest BCUT2D eigenvalue weighted by atomic mass is 10.2. The molecule has 1 fully saturated rings. The number of hydrogen-bond donors (Lipinski definition) is 1. The lowest BCUT2D eigenvalue weighted by Gasteiger charge is -2.20. The van der Waals surface area contributed by atoms with Gasteiger partial charge in [0, 0.05) is 17.7 Å². The topological polar surface area (TPSA) is 33.6 Å². The Balaban J connectivity index is 2.35. The summed E-state index contributed by atoms with van der Waals surface area (Å²) in [5.41, 5.74) is 0. The van der Waals surface area contributed by atoms with Gasteiger partial charge < -0.3 is 0 Å². The molecule has 1 saturated carbocycles. The third-order valence-corrected chi connectivity index (χ3v) is 4.59. The molecule has 0 bridgehead atoms. The summed E-state index contributed by atoms with van der Waals surface area (Å²) in [6, 6.07) is 0.557. The zero-order chi connectivity index (χ0) is 10.8. The summed E-state index contributed by atoms with van der Waals surface area (Å²) in [6.45, 7) is 2.13. The highest BCUT2D eigenvalue weighted by Crippen LogP contribution is 2.37. The van der Waals surface area contributed by atoms with E-state index in [1.165, 1.54) is 19.3 Å². The van der Waals surface area contributed by atoms with Crippen molar-refractivity contribution < 1.29 is 0 Å². The Kier molecular flexibility index (Phi) is 3.51. The van der Waals surface area contributed by atoms with E-state index >= 15 is 0 Å². The first kappa shape index (κ1) is 11.2. The van der Waals surface area contributed by atoms with E-state index < -0.39 is 0 Å². The van der Waals surface area contributed by atoms with E-state index in [9.17, 15) is 0 Å². The molecule has 1 aliphatic rings. The van der Waals surface area contributed by atoms with Crippen molar-refractivity contribution >= 4 is 24.0 Å². The standard InChI is InChI=1S/C10H17N3S2/c1-3-9-11-12-10(14)13(9)7-5-4-6-8(7)15-2/h7-8H,3-6H2,1-2H3,(H,12,14). The summed E-state index contributed by atoms with van der Waals surface area (Å²) < 4.78 is 3.03. The van der Waals surface area contributed by atoms with Crippen molar-refractivity contribution in [3.63, 3.8) is 0 Å². The molecule has 0 saturated heterocycles. The van der Waals surface area contributed by atoms with Gasteiger partial charge >= 0.3 is 0 Å². The Bertz CT molecular complexity index is 382. The predicted molar refractivity (Wildman–Crippen MR) is 67.0 cm³/mol. The molecule has 1 aromatic heterocycles. The second kappa shape index (κ2) is 4.70. The van der Waals surface area contributed by atoms with Crippen LogP contribution in [0.3, 0.4) is 0 Å². The maximum absolute atomic E-state index is 5.31. The van der Waals surface area contributed by atoms with Crippen LogP contribution in [0.5, 0.6) is 0 Å². The lowest BCUT2D eigenvalue weighted by molar-refractivity contribution is 0.502. The van der Waals surface area contributed by atoms with E-state index in [0.717, 1.165) is 17.0 Å². The van der Waals surface area contributed by atoms with Gasteiger partial charge in [0.25, 0.3) is 0 Å². The van der Waals surface area contributed by atoms with Gasteiger partial charge in [-0.3, -0.25) is 9.67 Å². The van der Waals surface area contributed by atoms with Crippen molar-refractivity contribution in [3.8, 4) is 0 Å². The van der Waals surface area contributed by atoms with Crippen molar-refractivity contribution in [3.05, 3.63) is 10.6 Å². The molecule has 2 unspecified atom stereocenters. The minimum absolute atomic E-state index is 0.557. The first-order valence-corrected chi connectivity index (χ1v) is 7.16. The molecular weight excluding hydrogens is 226 g/mol. The van der Waals surface area contributed by atoms with Gasteiger partial charge in [0.1, 0.15) is 5.82 Å². The maximum atomic E-state index is 5.31. The molecule has 2 rings (SSSR count). The fourth-order valence-corrected chi connectivity index (χ4v) is 3.67. The van der Waals surface area contributed by atoms with Crippen LogP contribution in [0.4, 0.5) is 0 Å². The predicted octanol–water partition coefficient (Wildman–Crippen LogP) is 2.96. The average Bonchev–Trinajstić information content (AvgIpc) is 2.82. The summed E-state index contributed by atoms with van der Waals surface area (Å²) in [6.07, 6.45) is 7.00. The Hall–Kier alpha value is -0.290. The fraction of sp³-hybridized carbons (Fsp3) is 0.800. The molecule has 1 aliphatic carbocycles. The van der Waals surface area contributed by atoms with E-state index in [1.807, 2.05) is 11.8 Å². The maximum Gasteiger partial charge on any atom is 0.195 e. The third kappa shape index (κ3) is 1.99. The van der Waals surface area contributed by atoms with E-state index in [1.54, 1.807) is 0 Å². The van der Waals surface area contributed by atoms with Crippen molar-refractivity contribution in [1.82, 2.24) is 14.8 Å². The fourth-order valence-electron chi connectivity index (χ4n) is 2.41. The smallest absolute Gasteiger partial charge is 0.195 e. The van der Waals surface area contributed by atoms with Crippen molar-refractivity contribution in [2.45, 2.75) is 43.9 Å². The van der Waals surface area contributed by atoms with Gasteiger partial charge in [-0.1, -0.05) is 13.3 Å². The summed E-state index contributed by atoms with van der Waals surface area (Å²) in [5.74, 6) is 1.10. The number of nitrogens with one attached hydrogen (secondary N) is 1. The molecule has 15 heavy (non-hydrogen) atoms. The van der Waals surface area contributed by atoms with Crippen LogP contribution < -0.4 is 0 Å².